The highest BCUT2D eigenvalue weighted by atomic mass is 16.5. The molecule has 0 aromatic heterocycles. The molecule has 0 radical (unpaired) electrons. The Morgan fingerprint density at radius 3 is 2.24 bits per heavy atom. The molecule has 2 rings (SSSR count). The maximum Gasteiger partial charge on any atom is 0.251 e. The molecule has 0 atom stereocenters. The average molecular weight is 340 g/mol. The number of nitrogens with zero attached hydrogens (tertiary/aromatic N) is 1. The largest absolute Gasteiger partial charge is 0.497 e. The van der Waals surface area contributed by atoms with Crippen LogP contribution in [0.2, 0.25) is 0 Å². The zero-order chi connectivity index (χ0) is 18.2. The van der Waals surface area contributed by atoms with Crippen molar-refractivity contribution in [1.82, 2.24) is 10.2 Å². The van der Waals surface area contributed by atoms with Gasteiger partial charge in [0.25, 0.3) is 5.91 Å². The molecule has 0 saturated heterocycles. The van der Waals surface area contributed by atoms with Gasteiger partial charge in [0, 0.05) is 32.1 Å². The third-order valence-corrected chi connectivity index (χ3v) is 3.96. The molecule has 0 spiro atoms. The minimum atomic E-state index is -0.165. The number of aryl methyl sites for hydroxylation is 1. The Kier molecular flexibility index (Phi) is 6.57. The van der Waals surface area contributed by atoms with Gasteiger partial charge in [-0.3, -0.25) is 9.59 Å². The minimum absolute atomic E-state index is 0.0146. The average Bonchev–Trinajstić information content (AvgIpc) is 2.62. The van der Waals surface area contributed by atoms with Crippen molar-refractivity contribution in [3.05, 3.63) is 65.2 Å². The highest BCUT2D eigenvalue weighted by molar-refractivity contribution is 5.94. The molecule has 0 aliphatic heterocycles. The Morgan fingerprint density at radius 1 is 1.04 bits per heavy atom. The van der Waals surface area contributed by atoms with Crippen LogP contribution in [0.1, 0.15) is 28.4 Å². The van der Waals surface area contributed by atoms with Crippen molar-refractivity contribution < 1.29 is 14.3 Å². The molecule has 0 bridgehead atoms. The van der Waals surface area contributed by atoms with E-state index in [1.165, 1.54) is 5.56 Å². The number of methoxy groups -OCH3 is 1. The molecule has 2 aromatic carbocycles. The first-order chi connectivity index (χ1) is 12.0. The molecule has 0 aliphatic carbocycles. The van der Waals surface area contributed by atoms with E-state index in [1.807, 2.05) is 31.2 Å². The second kappa shape index (κ2) is 8.87. The molecule has 0 heterocycles. The number of carbonyl (C=O) groups is 2. The summed E-state index contributed by atoms with van der Waals surface area (Å²) in [7, 11) is 1.58. The maximum absolute atomic E-state index is 12.1. The van der Waals surface area contributed by atoms with E-state index < -0.39 is 0 Å². The minimum Gasteiger partial charge on any atom is -0.497 e. The summed E-state index contributed by atoms with van der Waals surface area (Å²) in [6.07, 6.45) is 0. The molecule has 0 unspecified atom stereocenters. The van der Waals surface area contributed by atoms with Gasteiger partial charge in [0.1, 0.15) is 5.75 Å². The first-order valence-electron chi connectivity index (χ1n) is 8.23. The molecule has 1 N–H and O–H groups in total. The molecule has 25 heavy (non-hydrogen) atoms. The predicted octanol–water partition coefficient (Wildman–Crippen LogP) is 2.78. The number of ether oxygens (including phenoxy) is 1. The molecule has 0 fully saturated rings. The third-order valence-electron chi connectivity index (χ3n) is 3.96. The van der Waals surface area contributed by atoms with E-state index in [0.29, 0.717) is 30.9 Å². The fourth-order valence-corrected chi connectivity index (χ4v) is 2.41. The van der Waals surface area contributed by atoms with E-state index >= 15 is 0 Å². The topological polar surface area (TPSA) is 58.6 Å². The van der Waals surface area contributed by atoms with Crippen LogP contribution < -0.4 is 10.1 Å². The van der Waals surface area contributed by atoms with Crippen LogP contribution in [0.25, 0.3) is 0 Å². The predicted molar refractivity (Wildman–Crippen MR) is 97.6 cm³/mol. The van der Waals surface area contributed by atoms with Gasteiger partial charge in [-0.25, -0.2) is 0 Å². The van der Waals surface area contributed by atoms with Crippen molar-refractivity contribution in [3.63, 3.8) is 0 Å². The zero-order valence-corrected chi connectivity index (χ0v) is 14.9. The Bertz CT molecular complexity index is 709. The SMILES string of the molecule is COc1ccc(C(=O)NCCN(Cc2ccc(C)cc2)C(C)=O)cc1. The zero-order valence-electron chi connectivity index (χ0n) is 14.9. The summed E-state index contributed by atoms with van der Waals surface area (Å²) in [5, 5.41) is 2.84. The van der Waals surface area contributed by atoms with Crippen LogP contribution in [-0.2, 0) is 11.3 Å². The second-order valence-electron chi connectivity index (χ2n) is 5.91. The van der Waals surface area contributed by atoms with Crippen molar-refractivity contribution in [2.45, 2.75) is 20.4 Å². The second-order valence-corrected chi connectivity index (χ2v) is 5.91. The summed E-state index contributed by atoms with van der Waals surface area (Å²) in [4.78, 5) is 25.7. The molecular weight excluding hydrogens is 316 g/mol. The van der Waals surface area contributed by atoms with Crippen molar-refractivity contribution in [2.24, 2.45) is 0 Å². The van der Waals surface area contributed by atoms with E-state index in [4.69, 9.17) is 4.74 Å². The van der Waals surface area contributed by atoms with Gasteiger partial charge in [0.2, 0.25) is 5.91 Å². The number of benzene rings is 2. The van der Waals surface area contributed by atoms with Gasteiger partial charge in [0.15, 0.2) is 0 Å². The molecular formula is C20H24N2O3. The van der Waals surface area contributed by atoms with Gasteiger partial charge in [0.05, 0.1) is 7.11 Å². The maximum atomic E-state index is 12.1. The van der Waals surface area contributed by atoms with Crippen molar-refractivity contribution in [2.75, 3.05) is 20.2 Å². The number of rotatable bonds is 7. The standard InChI is InChI=1S/C20H24N2O3/c1-15-4-6-17(7-5-15)14-22(16(2)23)13-12-21-20(24)18-8-10-19(25-3)11-9-18/h4-11H,12-14H2,1-3H3,(H,21,24). The van der Waals surface area contributed by atoms with Gasteiger partial charge in [-0.15, -0.1) is 0 Å². The summed E-state index contributed by atoms with van der Waals surface area (Å²) in [6, 6.07) is 15.0. The van der Waals surface area contributed by atoms with Gasteiger partial charge >= 0.3 is 0 Å². The van der Waals surface area contributed by atoms with E-state index in [1.54, 1.807) is 43.2 Å². The third kappa shape index (κ3) is 5.64. The number of nitrogens with one attached hydrogen (secondary N) is 1. The van der Waals surface area contributed by atoms with Crippen molar-refractivity contribution >= 4 is 11.8 Å². The van der Waals surface area contributed by atoms with Crippen LogP contribution in [-0.4, -0.2) is 36.9 Å². The summed E-state index contributed by atoms with van der Waals surface area (Å²) < 4.78 is 5.08. The number of hydrogen-bond acceptors (Lipinski definition) is 3. The van der Waals surface area contributed by atoms with Gasteiger partial charge in [-0.2, -0.15) is 0 Å². The van der Waals surface area contributed by atoms with Gasteiger partial charge in [-0.05, 0) is 36.8 Å². The normalized spacial score (nSPS) is 10.2. The number of amides is 2. The molecule has 5 heteroatoms. The number of carbonyl (C=O) groups excluding carboxylic acids is 2. The van der Waals surface area contributed by atoms with Crippen LogP contribution in [0.15, 0.2) is 48.5 Å². The fraction of sp³-hybridized carbons (Fsp3) is 0.300. The Morgan fingerprint density at radius 2 is 1.68 bits per heavy atom. The lowest BCUT2D eigenvalue weighted by atomic mass is 10.1. The van der Waals surface area contributed by atoms with Crippen molar-refractivity contribution in [1.29, 1.82) is 0 Å². The molecule has 0 aliphatic rings. The molecule has 132 valence electrons. The molecule has 2 amide bonds. The smallest absolute Gasteiger partial charge is 0.251 e. The van der Waals surface area contributed by atoms with E-state index in [9.17, 15) is 9.59 Å². The summed E-state index contributed by atoms with van der Waals surface area (Å²) >= 11 is 0. The van der Waals surface area contributed by atoms with E-state index in [2.05, 4.69) is 5.32 Å². The summed E-state index contributed by atoms with van der Waals surface area (Å²) in [6.45, 7) is 4.97. The fourth-order valence-electron chi connectivity index (χ4n) is 2.41. The van der Waals surface area contributed by atoms with Crippen LogP contribution >= 0.6 is 0 Å². The summed E-state index contributed by atoms with van der Waals surface area (Å²) in [5.74, 6) is 0.526. The van der Waals surface area contributed by atoms with Crippen LogP contribution in [0.3, 0.4) is 0 Å². The Hall–Kier alpha value is -2.82. The quantitative estimate of drug-likeness (QED) is 0.843. The lowest BCUT2D eigenvalue weighted by Gasteiger charge is -2.21. The highest BCUT2D eigenvalue weighted by Crippen LogP contribution is 2.11. The van der Waals surface area contributed by atoms with Gasteiger partial charge in [-0.1, -0.05) is 29.8 Å². The first-order valence-corrected chi connectivity index (χ1v) is 8.23. The lowest BCUT2D eigenvalue weighted by Crippen LogP contribution is -2.37. The van der Waals surface area contributed by atoms with Crippen LogP contribution in [0.5, 0.6) is 5.75 Å². The molecule has 2 aromatic rings. The van der Waals surface area contributed by atoms with Gasteiger partial charge < -0.3 is 15.0 Å². The highest BCUT2D eigenvalue weighted by Gasteiger charge is 2.11. The number of hydrogen-bond donors (Lipinski definition) is 1. The Balaban J connectivity index is 1.86. The Labute approximate surface area is 148 Å². The van der Waals surface area contributed by atoms with E-state index in [-0.39, 0.29) is 11.8 Å². The monoisotopic (exact) mass is 340 g/mol. The van der Waals surface area contributed by atoms with Crippen LogP contribution in [0.4, 0.5) is 0 Å². The first kappa shape index (κ1) is 18.5. The van der Waals surface area contributed by atoms with E-state index in [0.717, 1.165) is 5.56 Å². The van der Waals surface area contributed by atoms with Crippen LogP contribution in [0, 0.1) is 6.92 Å². The summed E-state index contributed by atoms with van der Waals surface area (Å²) in [5.41, 5.74) is 2.82. The van der Waals surface area contributed by atoms with Crippen molar-refractivity contribution in [3.8, 4) is 5.75 Å². The molecule has 5 nitrogen and oxygen atoms in total. The lowest BCUT2D eigenvalue weighted by molar-refractivity contribution is -0.129. The molecule has 0 saturated carbocycles.